The van der Waals surface area contributed by atoms with Crippen LogP contribution in [0.1, 0.15) is 113 Å². The van der Waals surface area contributed by atoms with Gasteiger partial charge in [-0.3, -0.25) is 0 Å². The van der Waals surface area contributed by atoms with Crippen molar-refractivity contribution in [2.75, 3.05) is 0 Å². The van der Waals surface area contributed by atoms with Crippen LogP contribution >= 0.6 is 0 Å². The van der Waals surface area contributed by atoms with E-state index < -0.39 is 0 Å². The molecule has 7 unspecified atom stereocenters. The van der Waals surface area contributed by atoms with Crippen molar-refractivity contribution in [1.29, 1.82) is 0 Å². The summed E-state index contributed by atoms with van der Waals surface area (Å²) in [6.45, 7) is 19.8. The molecule has 0 aliphatic heterocycles. The highest BCUT2D eigenvalue weighted by Crippen LogP contribution is 2.67. The maximum Gasteiger partial charge on any atom is -0.00853 e. The van der Waals surface area contributed by atoms with Gasteiger partial charge >= 0.3 is 0 Å². The number of rotatable bonds is 3. The summed E-state index contributed by atoms with van der Waals surface area (Å²) >= 11 is 0. The topological polar surface area (TPSA) is 0 Å². The molecule has 4 rings (SSSR count). The van der Waals surface area contributed by atoms with Crippen molar-refractivity contribution in [2.45, 2.75) is 113 Å². The van der Waals surface area contributed by atoms with E-state index in [0.717, 1.165) is 29.6 Å². The molecule has 0 spiro atoms. The van der Waals surface area contributed by atoms with Gasteiger partial charge in [-0.1, -0.05) is 66.2 Å². The van der Waals surface area contributed by atoms with Gasteiger partial charge in [0.15, 0.2) is 0 Å². The van der Waals surface area contributed by atoms with Crippen LogP contribution in [-0.2, 0) is 0 Å². The van der Waals surface area contributed by atoms with Gasteiger partial charge in [0.1, 0.15) is 0 Å². The van der Waals surface area contributed by atoms with Gasteiger partial charge in [-0.25, -0.2) is 0 Å². The van der Waals surface area contributed by atoms with Crippen molar-refractivity contribution in [2.24, 2.45) is 40.4 Å². The third kappa shape index (κ3) is 3.91. The van der Waals surface area contributed by atoms with Crippen molar-refractivity contribution >= 4 is 0 Å². The molecular weight excluding hydrogens is 336 g/mol. The predicted octanol–water partition coefficient (Wildman–Crippen LogP) is 9.22. The normalized spacial score (nSPS) is 42.2. The molecule has 0 saturated heterocycles. The molecule has 7 atom stereocenters. The van der Waals surface area contributed by atoms with E-state index in [2.05, 4.69) is 39.5 Å². The molecule has 3 saturated carbocycles. The highest BCUT2D eigenvalue weighted by molar-refractivity contribution is 5.23. The molecular formula is C28H50. The minimum Gasteiger partial charge on any atom is -0.103 e. The Morgan fingerprint density at radius 2 is 1.75 bits per heavy atom. The van der Waals surface area contributed by atoms with Gasteiger partial charge in [-0.2, -0.15) is 0 Å². The lowest BCUT2D eigenvalue weighted by Gasteiger charge is -2.58. The lowest BCUT2D eigenvalue weighted by molar-refractivity contribution is -0.0583. The van der Waals surface area contributed by atoms with E-state index in [1.165, 1.54) is 64.2 Å². The minimum absolute atomic E-state index is 0.563. The zero-order valence-electron chi connectivity index (χ0n) is 20.3. The van der Waals surface area contributed by atoms with E-state index in [1.54, 1.807) is 0 Å². The first-order valence-corrected chi connectivity index (χ1v) is 12.8. The summed E-state index contributed by atoms with van der Waals surface area (Å²) in [5.74, 6) is 4.79. The summed E-state index contributed by atoms with van der Waals surface area (Å²) in [7, 11) is 0. The summed E-state index contributed by atoms with van der Waals surface area (Å²) in [6.07, 6.45) is 19.2. The zero-order chi connectivity index (χ0) is 20.9. The average molecular weight is 387 g/mol. The van der Waals surface area contributed by atoms with Crippen molar-refractivity contribution in [1.82, 2.24) is 0 Å². The Kier molecular flexibility index (Phi) is 8.48. The molecule has 28 heavy (non-hydrogen) atoms. The molecule has 0 amide bonds. The van der Waals surface area contributed by atoms with Crippen LogP contribution in [0.5, 0.6) is 0 Å². The Morgan fingerprint density at radius 1 is 1.04 bits per heavy atom. The van der Waals surface area contributed by atoms with Crippen LogP contribution in [0.4, 0.5) is 0 Å². The van der Waals surface area contributed by atoms with Crippen molar-refractivity contribution in [3.8, 4) is 0 Å². The molecule has 0 N–H and O–H groups in total. The van der Waals surface area contributed by atoms with Crippen LogP contribution in [0, 0.1) is 40.4 Å². The Hall–Kier alpha value is -0.520. The van der Waals surface area contributed by atoms with Crippen LogP contribution in [0.15, 0.2) is 24.3 Å². The third-order valence-corrected chi connectivity index (χ3v) is 9.33. The molecule has 0 bridgehead atoms. The molecule has 4 aliphatic rings. The SMILES string of the molecule is C=CCC(C)C1CCC2C3CCC4=CCCCC4(C)C3CCC12C.CC.CC. The number of fused-ring (bicyclic) bond motifs is 5. The minimum atomic E-state index is 0.563. The van der Waals surface area contributed by atoms with Crippen LogP contribution < -0.4 is 0 Å². The summed E-state index contributed by atoms with van der Waals surface area (Å²) in [5.41, 5.74) is 3.04. The summed E-state index contributed by atoms with van der Waals surface area (Å²) in [6, 6.07) is 0. The molecule has 4 aliphatic carbocycles. The summed E-state index contributed by atoms with van der Waals surface area (Å²) in [5, 5.41) is 0. The van der Waals surface area contributed by atoms with Gasteiger partial charge in [0.05, 0.1) is 0 Å². The zero-order valence-corrected chi connectivity index (χ0v) is 20.3. The lowest BCUT2D eigenvalue weighted by Crippen LogP contribution is -2.50. The van der Waals surface area contributed by atoms with Gasteiger partial charge in [-0.05, 0) is 105 Å². The predicted molar refractivity (Wildman–Crippen MR) is 126 cm³/mol. The molecule has 0 aromatic carbocycles. The lowest BCUT2D eigenvalue weighted by atomic mass is 9.46. The van der Waals surface area contributed by atoms with E-state index in [1.807, 2.05) is 33.3 Å². The van der Waals surface area contributed by atoms with E-state index in [9.17, 15) is 0 Å². The Balaban J connectivity index is 0.000000660. The van der Waals surface area contributed by atoms with Crippen molar-refractivity contribution in [3.63, 3.8) is 0 Å². The first-order chi connectivity index (χ1) is 13.5. The summed E-state index contributed by atoms with van der Waals surface area (Å²) in [4.78, 5) is 0. The number of allylic oxidation sites excluding steroid dienone is 3. The standard InChI is InChI=1S/C24H38.2C2H6/c1-5-8-17(2)20-12-13-21-19-11-10-18-9-6-7-15-23(18,3)22(19)14-16-24(20,21)4;2*1-2/h5,9,17,19-22H,1,6-8,10-16H2,2-4H3;2*1-2H3. The Morgan fingerprint density at radius 3 is 2.43 bits per heavy atom. The van der Waals surface area contributed by atoms with Gasteiger partial charge in [0.2, 0.25) is 0 Å². The second-order valence-electron chi connectivity index (χ2n) is 10.2. The average Bonchev–Trinajstić information content (AvgIpc) is 3.08. The van der Waals surface area contributed by atoms with Crippen LogP contribution in [0.25, 0.3) is 0 Å². The molecule has 0 heterocycles. The van der Waals surface area contributed by atoms with Crippen molar-refractivity contribution in [3.05, 3.63) is 24.3 Å². The quantitative estimate of drug-likeness (QED) is 0.424. The van der Waals surface area contributed by atoms with E-state index in [4.69, 9.17) is 0 Å². The Labute approximate surface area is 177 Å². The Bertz CT molecular complexity index is 528. The molecule has 3 fully saturated rings. The molecule has 0 heteroatoms. The molecule has 0 radical (unpaired) electrons. The number of hydrogen-bond donors (Lipinski definition) is 0. The first kappa shape index (κ1) is 23.8. The summed E-state index contributed by atoms with van der Waals surface area (Å²) < 4.78 is 0. The van der Waals surface area contributed by atoms with E-state index in [-0.39, 0.29) is 0 Å². The van der Waals surface area contributed by atoms with E-state index in [0.29, 0.717) is 10.8 Å². The maximum atomic E-state index is 4.01. The van der Waals surface area contributed by atoms with Crippen LogP contribution in [-0.4, -0.2) is 0 Å². The van der Waals surface area contributed by atoms with Gasteiger partial charge in [0.25, 0.3) is 0 Å². The molecule has 162 valence electrons. The fraction of sp³-hybridized carbons (Fsp3) is 0.857. The monoisotopic (exact) mass is 386 g/mol. The highest BCUT2D eigenvalue weighted by Gasteiger charge is 2.58. The van der Waals surface area contributed by atoms with Crippen LogP contribution in [0.2, 0.25) is 0 Å². The highest BCUT2D eigenvalue weighted by atomic mass is 14.6. The molecule has 0 aromatic heterocycles. The van der Waals surface area contributed by atoms with Gasteiger partial charge in [0, 0.05) is 0 Å². The fourth-order valence-electron chi connectivity index (χ4n) is 8.16. The number of hydrogen-bond acceptors (Lipinski definition) is 0. The fourth-order valence-corrected chi connectivity index (χ4v) is 8.16. The molecule has 0 aromatic rings. The largest absolute Gasteiger partial charge is 0.103 e. The smallest absolute Gasteiger partial charge is 0.00853 e. The van der Waals surface area contributed by atoms with E-state index >= 15 is 0 Å². The van der Waals surface area contributed by atoms with Gasteiger partial charge < -0.3 is 0 Å². The van der Waals surface area contributed by atoms with Crippen LogP contribution in [0.3, 0.4) is 0 Å². The molecule has 0 nitrogen and oxygen atoms in total. The second-order valence-corrected chi connectivity index (χ2v) is 10.2. The third-order valence-electron chi connectivity index (χ3n) is 9.33. The second kappa shape index (κ2) is 9.99. The van der Waals surface area contributed by atoms with Crippen molar-refractivity contribution < 1.29 is 0 Å². The van der Waals surface area contributed by atoms with Gasteiger partial charge in [-0.15, -0.1) is 6.58 Å². The maximum absolute atomic E-state index is 4.01. The first-order valence-electron chi connectivity index (χ1n) is 12.8.